The highest BCUT2D eigenvalue weighted by atomic mass is 16.8. The Morgan fingerprint density at radius 2 is 2.06 bits per heavy atom. The van der Waals surface area contributed by atoms with E-state index in [0.29, 0.717) is 0 Å². The lowest BCUT2D eigenvalue weighted by Gasteiger charge is -2.29. The Bertz CT molecular complexity index is 306. The summed E-state index contributed by atoms with van der Waals surface area (Å²) in [4.78, 5) is 12.8. The third-order valence-corrected chi connectivity index (χ3v) is 3.02. The molecule has 0 aromatic heterocycles. The molecule has 0 radical (unpaired) electrons. The van der Waals surface area contributed by atoms with Crippen LogP contribution in [-0.4, -0.2) is 57.9 Å². The SMILES string of the molecule is CC(=O)N1[C@H](CO)[C@H](O)[C@H]2OC(C)(C)O[C@H]21. The fourth-order valence-electron chi connectivity index (χ4n) is 2.41. The summed E-state index contributed by atoms with van der Waals surface area (Å²) in [5, 5.41) is 19.1. The maximum Gasteiger partial charge on any atom is 0.221 e. The van der Waals surface area contributed by atoms with E-state index in [4.69, 9.17) is 9.47 Å². The minimum atomic E-state index is -0.916. The zero-order valence-corrected chi connectivity index (χ0v) is 9.58. The van der Waals surface area contributed by atoms with Crippen LogP contribution < -0.4 is 0 Å². The normalized spacial score (nSPS) is 41.2. The molecule has 92 valence electrons. The van der Waals surface area contributed by atoms with Crippen LogP contribution in [0.1, 0.15) is 20.8 Å². The van der Waals surface area contributed by atoms with Crippen molar-refractivity contribution in [3.05, 3.63) is 0 Å². The largest absolute Gasteiger partial charge is 0.394 e. The van der Waals surface area contributed by atoms with E-state index in [1.54, 1.807) is 13.8 Å². The lowest BCUT2D eigenvalue weighted by Crippen LogP contribution is -2.46. The van der Waals surface area contributed by atoms with E-state index in [9.17, 15) is 15.0 Å². The van der Waals surface area contributed by atoms with Crippen LogP contribution in [0, 0.1) is 0 Å². The van der Waals surface area contributed by atoms with Gasteiger partial charge in [-0.15, -0.1) is 0 Å². The molecule has 2 N–H and O–H groups in total. The Morgan fingerprint density at radius 1 is 1.44 bits per heavy atom. The van der Waals surface area contributed by atoms with Gasteiger partial charge in [-0.1, -0.05) is 0 Å². The van der Waals surface area contributed by atoms with Gasteiger partial charge in [0.25, 0.3) is 0 Å². The van der Waals surface area contributed by atoms with Crippen molar-refractivity contribution in [2.24, 2.45) is 0 Å². The lowest BCUT2D eigenvalue weighted by atomic mass is 10.1. The molecular weight excluding hydrogens is 214 g/mol. The van der Waals surface area contributed by atoms with Crippen molar-refractivity contribution >= 4 is 5.91 Å². The fraction of sp³-hybridized carbons (Fsp3) is 0.900. The second-order valence-electron chi connectivity index (χ2n) is 4.66. The summed E-state index contributed by atoms with van der Waals surface area (Å²) in [6.07, 6.45) is -2.11. The number of fused-ring (bicyclic) bond motifs is 1. The Labute approximate surface area is 93.7 Å². The van der Waals surface area contributed by atoms with Gasteiger partial charge in [0.15, 0.2) is 12.0 Å². The molecule has 6 heteroatoms. The first kappa shape index (κ1) is 11.8. The van der Waals surface area contributed by atoms with Gasteiger partial charge in [0.1, 0.15) is 12.2 Å². The van der Waals surface area contributed by atoms with Crippen molar-refractivity contribution in [2.75, 3.05) is 6.61 Å². The van der Waals surface area contributed by atoms with E-state index < -0.39 is 30.3 Å². The predicted molar refractivity (Wildman–Crippen MR) is 53.2 cm³/mol. The molecule has 16 heavy (non-hydrogen) atoms. The molecule has 2 rings (SSSR count). The molecular formula is C10H17NO5. The fourth-order valence-corrected chi connectivity index (χ4v) is 2.41. The molecule has 2 saturated heterocycles. The quantitative estimate of drug-likeness (QED) is 0.608. The minimum Gasteiger partial charge on any atom is -0.394 e. The van der Waals surface area contributed by atoms with Crippen LogP contribution in [0.5, 0.6) is 0 Å². The number of hydrogen-bond acceptors (Lipinski definition) is 5. The van der Waals surface area contributed by atoms with E-state index in [0.717, 1.165) is 0 Å². The first-order chi connectivity index (χ1) is 7.37. The summed E-state index contributed by atoms with van der Waals surface area (Å²) in [5.74, 6) is -1.06. The molecule has 2 aliphatic heterocycles. The first-order valence-corrected chi connectivity index (χ1v) is 5.31. The van der Waals surface area contributed by atoms with Crippen LogP contribution in [0.3, 0.4) is 0 Å². The summed E-state index contributed by atoms with van der Waals surface area (Å²) in [6.45, 7) is 4.53. The van der Waals surface area contributed by atoms with E-state index in [1.165, 1.54) is 11.8 Å². The second-order valence-corrected chi connectivity index (χ2v) is 4.66. The molecule has 2 aliphatic rings. The van der Waals surface area contributed by atoms with Crippen molar-refractivity contribution in [3.63, 3.8) is 0 Å². The molecule has 0 saturated carbocycles. The highest BCUT2D eigenvalue weighted by Gasteiger charge is 2.58. The van der Waals surface area contributed by atoms with Gasteiger partial charge < -0.3 is 24.6 Å². The Balaban J connectivity index is 2.27. The monoisotopic (exact) mass is 231 g/mol. The van der Waals surface area contributed by atoms with Crippen molar-refractivity contribution in [1.29, 1.82) is 0 Å². The number of hydrogen-bond donors (Lipinski definition) is 2. The number of likely N-dealkylation sites (tertiary alicyclic amines) is 1. The highest BCUT2D eigenvalue weighted by Crippen LogP contribution is 2.39. The summed E-state index contributed by atoms with van der Waals surface area (Å²) in [5.41, 5.74) is 0. The smallest absolute Gasteiger partial charge is 0.221 e. The van der Waals surface area contributed by atoms with E-state index in [1.807, 2.05) is 0 Å². The molecule has 1 amide bonds. The van der Waals surface area contributed by atoms with Gasteiger partial charge in [0, 0.05) is 6.92 Å². The standard InChI is InChI=1S/C10H17NO5/c1-5(13)11-6(4-12)7(14)8-9(11)16-10(2,3)15-8/h6-9,12,14H,4H2,1-3H3/t6-,7+,8-,9-/m1/s1. The number of aliphatic hydroxyl groups is 2. The second kappa shape index (κ2) is 3.66. The molecule has 0 aromatic rings. The van der Waals surface area contributed by atoms with Crippen molar-refractivity contribution < 1.29 is 24.5 Å². The van der Waals surface area contributed by atoms with Gasteiger partial charge in [-0.05, 0) is 13.8 Å². The minimum absolute atomic E-state index is 0.244. The van der Waals surface area contributed by atoms with Crippen molar-refractivity contribution in [1.82, 2.24) is 4.90 Å². The molecule has 0 bridgehead atoms. The van der Waals surface area contributed by atoms with Crippen LogP contribution >= 0.6 is 0 Å². The molecule has 0 unspecified atom stereocenters. The number of carbonyl (C=O) groups excluding carboxylic acids is 1. The van der Waals surface area contributed by atoms with Gasteiger partial charge in [-0.25, -0.2) is 0 Å². The molecule has 2 heterocycles. The molecule has 0 aromatic carbocycles. The highest BCUT2D eigenvalue weighted by molar-refractivity contribution is 5.74. The number of nitrogens with zero attached hydrogens (tertiary/aromatic N) is 1. The van der Waals surface area contributed by atoms with E-state index in [2.05, 4.69) is 0 Å². The topological polar surface area (TPSA) is 79.2 Å². The zero-order chi connectivity index (χ0) is 12.1. The average Bonchev–Trinajstić information content (AvgIpc) is 2.58. The third-order valence-electron chi connectivity index (χ3n) is 3.02. The summed E-state index contributed by atoms with van der Waals surface area (Å²) in [6, 6.07) is -0.649. The van der Waals surface area contributed by atoms with Crippen molar-refractivity contribution in [2.45, 2.75) is 51.0 Å². The van der Waals surface area contributed by atoms with Crippen molar-refractivity contribution in [3.8, 4) is 0 Å². The Hall–Kier alpha value is -0.690. The maximum atomic E-state index is 11.5. The zero-order valence-electron chi connectivity index (χ0n) is 9.58. The predicted octanol–water partition coefficient (Wildman–Crippen LogP) is -0.952. The van der Waals surface area contributed by atoms with Crippen LogP contribution in [0.25, 0.3) is 0 Å². The van der Waals surface area contributed by atoms with Gasteiger partial charge in [-0.3, -0.25) is 4.79 Å². The van der Waals surface area contributed by atoms with Gasteiger partial charge in [0.05, 0.1) is 12.6 Å². The Kier molecular flexibility index (Phi) is 2.70. The van der Waals surface area contributed by atoms with E-state index >= 15 is 0 Å². The van der Waals surface area contributed by atoms with Crippen LogP contribution in [-0.2, 0) is 14.3 Å². The molecule has 4 atom stereocenters. The summed E-state index contributed by atoms with van der Waals surface area (Å²) >= 11 is 0. The number of ether oxygens (including phenoxy) is 2. The third kappa shape index (κ3) is 1.62. The molecule has 6 nitrogen and oxygen atoms in total. The van der Waals surface area contributed by atoms with Gasteiger partial charge >= 0.3 is 0 Å². The van der Waals surface area contributed by atoms with Gasteiger partial charge in [0.2, 0.25) is 5.91 Å². The van der Waals surface area contributed by atoms with Gasteiger partial charge in [-0.2, -0.15) is 0 Å². The lowest BCUT2D eigenvalue weighted by molar-refractivity contribution is -0.189. The number of aliphatic hydroxyl groups excluding tert-OH is 2. The van der Waals surface area contributed by atoms with Crippen LogP contribution in [0.15, 0.2) is 0 Å². The van der Waals surface area contributed by atoms with E-state index in [-0.39, 0.29) is 12.5 Å². The summed E-state index contributed by atoms with van der Waals surface area (Å²) in [7, 11) is 0. The number of amides is 1. The average molecular weight is 231 g/mol. The number of carbonyl (C=O) groups is 1. The summed E-state index contributed by atoms with van der Waals surface area (Å²) < 4.78 is 11.1. The molecule has 2 fully saturated rings. The maximum absolute atomic E-state index is 11.5. The van der Waals surface area contributed by atoms with Crippen LogP contribution in [0.2, 0.25) is 0 Å². The Morgan fingerprint density at radius 3 is 2.56 bits per heavy atom. The first-order valence-electron chi connectivity index (χ1n) is 5.31. The molecule has 0 aliphatic carbocycles. The molecule has 0 spiro atoms. The van der Waals surface area contributed by atoms with Crippen LogP contribution in [0.4, 0.5) is 0 Å². The number of rotatable bonds is 1.